The lowest BCUT2D eigenvalue weighted by molar-refractivity contribution is -0.196. The second-order valence-corrected chi connectivity index (χ2v) is 3.83. The van der Waals surface area contributed by atoms with Crippen LogP contribution in [-0.2, 0) is 0 Å². The molecule has 0 rings (SSSR count). The Labute approximate surface area is 90.2 Å². The number of hydrogen-bond donors (Lipinski definition) is 1. The van der Waals surface area contributed by atoms with Crippen LogP contribution in [0, 0.1) is 0 Å². The highest BCUT2D eigenvalue weighted by atomic mass is 19.4. The van der Waals surface area contributed by atoms with E-state index < -0.39 is 37.2 Å². The molecule has 0 saturated carbocycles. The van der Waals surface area contributed by atoms with Gasteiger partial charge in [-0.25, -0.2) is 0 Å². The summed E-state index contributed by atoms with van der Waals surface area (Å²) in [6, 6.07) is 0. The Bertz CT molecular complexity index is 209. The van der Waals surface area contributed by atoms with Gasteiger partial charge < -0.3 is 5.32 Å². The van der Waals surface area contributed by atoms with Crippen LogP contribution in [0.1, 0.15) is 33.1 Å². The van der Waals surface area contributed by atoms with Crippen molar-refractivity contribution < 1.29 is 26.3 Å². The first-order valence-corrected chi connectivity index (χ1v) is 4.90. The first-order chi connectivity index (χ1) is 7.02. The van der Waals surface area contributed by atoms with Crippen molar-refractivity contribution in [2.24, 2.45) is 0 Å². The highest BCUT2D eigenvalue weighted by Crippen LogP contribution is 2.35. The van der Waals surface area contributed by atoms with Crippen molar-refractivity contribution in [2.75, 3.05) is 6.54 Å². The minimum atomic E-state index is -4.55. The SMILES string of the molecule is CCNC(C)(CCCC(F)(F)F)C(F)(F)F. The molecule has 16 heavy (non-hydrogen) atoms. The zero-order valence-corrected chi connectivity index (χ0v) is 9.10. The molecule has 0 fully saturated rings. The lowest BCUT2D eigenvalue weighted by Crippen LogP contribution is -2.54. The van der Waals surface area contributed by atoms with Gasteiger partial charge in [0.25, 0.3) is 0 Å². The average Bonchev–Trinajstić information content (AvgIpc) is 1.99. The van der Waals surface area contributed by atoms with E-state index in [1.54, 1.807) is 0 Å². The predicted octanol–water partition coefficient (Wildman–Crippen LogP) is 3.65. The van der Waals surface area contributed by atoms with Gasteiger partial charge >= 0.3 is 12.4 Å². The van der Waals surface area contributed by atoms with Gasteiger partial charge in [0.1, 0.15) is 5.54 Å². The van der Waals surface area contributed by atoms with E-state index in [1.165, 1.54) is 6.92 Å². The average molecular weight is 251 g/mol. The number of nitrogens with one attached hydrogen (secondary N) is 1. The lowest BCUT2D eigenvalue weighted by Gasteiger charge is -2.33. The van der Waals surface area contributed by atoms with Gasteiger partial charge in [-0.15, -0.1) is 0 Å². The summed E-state index contributed by atoms with van der Waals surface area (Å²) < 4.78 is 73.1. The van der Waals surface area contributed by atoms with Crippen LogP contribution in [0.2, 0.25) is 0 Å². The third-order valence-corrected chi connectivity index (χ3v) is 2.33. The topological polar surface area (TPSA) is 12.0 Å². The van der Waals surface area contributed by atoms with Crippen LogP contribution in [0.5, 0.6) is 0 Å². The van der Waals surface area contributed by atoms with E-state index in [-0.39, 0.29) is 6.54 Å². The summed E-state index contributed by atoms with van der Waals surface area (Å²) in [6.45, 7) is 2.42. The largest absolute Gasteiger partial charge is 0.406 e. The van der Waals surface area contributed by atoms with Gasteiger partial charge in [-0.05, 0) is 26.3 Å². The van der Waals surface area contributed by atoms with Crippen molar-refractivity contribution in [3.63, 3.8) is 0 Å². The van der Waals surface area contributed by atoms with Crippen molar-refractivity contribution in [1.29, 1.82) is 0 Å². The molecule has 0 aromatic carbocycles. The molecule has 1 N–H and O–H groups in total. The fourth-order valence-corrected chi connectivity index (χ4v) is 1.36. The molecular weight excluding hydrogens is 236 g/mol. The third kappa shape index (κ3) is 5.05. The molecule has 0 aliphatic heterocycles. The fraction of sp³-hybridized carbons (Fsp3) is 1.00. The van der Waals surface area contributed by atoms with E-state index in [0.717, 1.165) is 6.92 Å². The minimum absolute atomic E-state index is 0.0576. The lowest BCUT2D eigenvalue weighted by atomic mass is 9.94. The monoisotopic (exact) mass is 251 g/mol. The number of alkyl halides is 6. The van der Waals surface area contributed by atoms with Crippen LogP contribution < -0.4 is 5.32 Å². The molecule has 0 aliphatic rings. The second-order valence-electron chi connectivity index (χ2n) is 3.83. The molecule has 0 amide bonds. The normalized spacial score (nSPS) is 17.2. The molecular formula is C9H15F6N. The van der Waals surface area contributed by atoms with E-state index in [4.69, 9.17) is 0 Å². The molecule has 7 heteroatoms. The van der Waals surface area contributed by atoms with E-state index in [1.807, 2.05) is 0 Å². The van der Waals surface area contributed by atoms with Gasteiger partial charge in [0, 0.05) is 6.42 Å². The Morgan fingerprint density at radius 1 is 0.938 bits per heavy atom. The number of rotatable bonds is 5. The summed E-state index contributed by atoms with van der Waals surface area (Å²) in [4.78, 5) is 0. The van der Waals surface area contributed by atoms with Crippen molar-refractivity contribution in [1.82, 2.24) is 5.32 Å². The highest BCUT2D eigenvalue weighted by Gasteiger charge is 2.50. The van der Waals surface area contributed by atoms with Crippen LogP contribution in [0.25, 0.3) is 0 Å². The molecule has 0 aliphatic carbocycles. The molecule has 1 nitrogen and oxygen atoms in total. The third-order valence-electron chi connectivity index (χ3n) is 2.33. The van der Waals surface area contributed by atoms with E-state index >= 15 is 0 Å². The van der Waals surface area contributed by atoms with Gasteiger partial charge in [-0.3, -0.25) is 0 Å². The zero-order chi connectivity index (χ0) is 13.0. The zero-order valence-electron chi connectivity index (χ0n) is 9.10. The van der Waals surface area contributed by atoms with Gasteiger partial charge in [0.15, 0.2) is 0 Å². The van der Waals surface area contributed by atoms with Gasteiger partial charge in [-0.1, -0.05) is 6.92 Å². The summed E-state index contributed by atoms with van der Waals surface area (Å²) in [5, 5.41) is 2.19. The summed E-state index contributed by atoms with van der Waals surface area (Å²) in [5.41, 5.74) is -2.24. The van der Waals surface area contributed by atoms with E-state index in [2.05, 4.69) is 5.32 Å². The molecule has 0 radical (unpaired) electrons. The molecule has 98 valence electrons. The summed E-state index contributed by atoms with van der Waals surface area (Å²) >= 11 is 0. The molecule has 0 aromatic heterocycles. The Morgan fingerprint density at radius 2 is 1.44 bits per heavy atom. The molecule has 0 bridgehead atoms. The summed E-state index contributed by atoms with van der Waals surface area (Å²) in [5.74, 6) is 0. The smallest absolute Gasteiger partial charge is 0.304 e. The predicted molar refractivity (Wildman–Crippen MR) is 48.0 cm³/mol. The van der Waals surface area contributed by atoms with Crippen molar-refractivity contribution in [3.05, 3.63) is 0 Å². The van der Waals surface area contributed by atoms with Crippen LogP contribution >= 0.6 is 0 Å². The molecule has 0 saturated heterocycles. The maximum Gasteiger partial charge on any atom is 0.406 e. The maximum atomic E-state index is 12.6. The molecule has 0 heterocycles. The fourth-order valence-electron chi connectivity index (χ4n) is 1.36. The van der Waals surface area contributed by atoms with Crippen LogP contribution in [0.3, 0.4) is 0 Å². The Hall–Kier alpha value is -0.460. The van der Waals surface area contributed by atoms with Crippen molar-refractivity contribution >= 4 is 0 Å². The van der Waals surface area contributed by atoms with Crippen LogP contribution in [-0.4, -0.2) is 24.4 Å². The Morgan fingerprint density at radius 3 is 1.75 bits per heavy atom. The quantitative estimate of drug-likeness (QED) is 0.735. The number of hydrogen-bond acceptors (Lipinski definition) is 1. The first kappa shape index (κ1) is 15.5. The maximum absolute atomic E-state index is 12.6. The summed E-state index contributed by atoms with van der Waals surface area (Å²) in [7, 11) is 0. The van der Waals surface area contributed by atoms with E-state index in [9.17, 15) is 26.3 Å². The standard InChI is InChI=1S/C9H15F6N/c1-3-16-7(2,9(13,14)15)5-4-6-8(10,11)12/h16H,3-6H2,1-2H3. The minimum Gasteiger partial charge on any atom is -0.304 e. The molecule has 0 aromatic rings. The second kappa shape index (κ2) is 5.25. The van der Waals surface area contributed by atoms with Crippen molar-refractivity contribution in [3.8, 4) is 0 Å². The molecule has 1 unspecified atom stereocenters. The van der Waals surface area contributed by atoms with Crippen molar-refractivity contribution in [2.45, 2.75) is 51.0 Å². The van der Waals surface area contributed by atoms with Gasteiger partial charge in [0.05, 0.1) is 0 Å². The van der Waals surface area contributed by atoms with Crippen LogP contribution in [0.15, 0.2) is 0 Å². The van der Waals surface area contributed by atoms with Gasteiger partial charge in [-0.2, -0.15) is 26.3 Å². The highest BCUT2D eigenvalue weighted by molar-refractivity contribution is 4.90. The van der Waals surface area contributed by atoms with Gasteiger partial charge in [0.2, 0.25) is 0 Å². The number of halogens is 6. The molecule has 1 atom stereocenters. The van der Waals surface area contributed by atoms with E-state index in [0.29, 0.717) is 0 Å². The van der Waals surface area contributed by atoms with Crippen LogP contribution in [0.4, 0.5) is 26.3 Å². The molecule has 0 spiro atoms. The summed E-state index contributed by atoms with van der Waals surface area (Å²) in [6.07, 6.45) is -11.3. The Balaban J connectivity index is 4.36. The Kier molecular flexibility index (Phi) is 5.10. The first-order valence-electron chi connectivity index (χ1n) is 4.90.